The normalized spacial score (nSPS) is 24.4. The van der Waals surface area contributed by atoms with Crippen molar-refractivity contribution in [2.24, 2.45) is 0 Å². The van der Waals surface area contributed by atoms with Crippen LogP contribution in [-0.4, -0.2) is 40.3 Å². The minimum Gasteiger partial charge on any atom is -1.00 e. The lowest BCUT2D eigenvalue weighted by Gasteiger charge is -2.31. The van der Waals surface area contributed by atoms with Gasteiger partial charge >= 0.3 is 5.17 Å². The van der Waals surface area contributed by atoms with E-state index in [1.165, 1.54) is 13.2 Å². The minimum atomic E-state index is -1.50. The van der Waals surface area contributed by atoms with Crippen molar-refractivity contribution in [2.45, 2.75) is 25.1 Å². The maximum Gasteiger partial charge on any atom is 0.316 e. The van der Waals surface area contributed by atoms with Crippen molar-refractivity contribution in [2.75, 3.05) is 24.3 Å². The maximum atomic E-state index is 15.0. The zero-order valence-electron chi connectivity index (χ0n) is 15.2. The van der Waals surface area contributed by atoms with Gasteiger partial charge in [-0.05, 0) is 49.4 Å². The highest BCUT2D eigenvalue weighted by Gasteiger charge is 2.61. The number of methoxy groups -OCH3 is 1. The number of thioether (sulfide) groups is 1. The number of hydrogen-bond donors (Lipinski definition) is 1. The van der Waals surface area contributed by atoms with E-state index in [9.17, 15) is 9.50 Å². The molecule has 2 unspecified atom stereocenters. The van der Waals surface area contributed by atoms with Gasteiger partial charge in [-0.15, -0.1) is 0 Å². The predicted molar refractivity (Wildman–Crippen MR) is 102 cm³/mol. The first-order valence-electron chi connectivity index (χ1n) is 8.75. The standard InChI is InChI=1S/C20H22FN2O2S.BrH/c1-14-20(24,17-10-9-16(25-2)13-18(17)21)23(15-7-4-3-5-8-15)19-22(14)11-6-12-26-19;/h3-5,7-10,13-14,24H,6,11-12H2,1-2H3;1H/q+1;/p-1. The third kappa shape index (κ3) is 3.15. The van der Waals surface area contributed by atoms with E-state index in [2.05, 4.69) is 4.58 Å². The summed E-state index contributed by atoms with van der Waals surface area (Å²) in [4.78, 5) is 1.88. The second kappa shape index (κ2) is 7.81. The number of ether oxygens (including phenoxy) is 1. The molecule has 0 saturated heterocycles. The lowest BCUT2D eigenvalue weighted by molar-refractivity contribution is -0.569. The SMILES string of the molecule is COc1ccc(C2(O)C(C)[N+]3=C(SCCC3)N2c2ccccc2)c(F)c1.[Br-]. The summed E-state index contributed by atoms with van der Waals surface area (Å²) in [5.74, 6) is 0.958. The fourth-order valence-electron chi connectivity index (χ4n) is 3.83. The topological polar surface area (TPSA) is 35.7 Å². The number of benzene rings is 2. The number of anilines is 1. The molecule has 2 aromatic rings. The zero-order valence-corrected chi connectivity index (χ0v) is 17.6. The van der Waals surface area contributed by atoms with Crippen LogP contribution in [0.2, 0.25) is 0 Å². The van der Waals surface area contributed by atoms with E-state index in [-0.39, 0.29) is 28.6 Å². The van der Waals surface area contributed by atoms with Crippen LogP contribution in [0.15, 0.2) is 48.5 Å². The Morgan fingerprint density at radius 3 is 2.67 bits per heavy atom. The zero-order chi connectivity index (χ0) is 18.3. The summed E-state index contributed by atoms with van der Waals surface area (Å²) in [6, 6.07) is 14.1. The summed E-state index contributed by atoms with van der Waals surface area (Å²) in [6.07, 6.45) is 1.04. The summed E-state index contributed by atoms with van der Waals surface area (Å²) in [6.45, 7) is 2.81. The Kier molecular flexibility index (Phi) is 5.84. The summed E-state index contributed by atoms with van der Waals surface area (Å²) < 4.78 is 22.3. The second-order valence-corrected chi connectivity index (χ2v) is 7.66. The van der Waals surface area contributed by atoms with Crippen LogP contribution >= 0.6 is 11.8 Å². The van der Waals surface area contributed by atoms with E-state index in [0.29, 0.717) is 5.75 Å². The molecule has 2 aliphatic heterocycles. The molecule has 144 valence electrons. The van der Waals surface area contributed by atoms with E-state index in [0.717, 1.165) is 29.6 Å². The minimum absolute atomic E-state index is 0. The fraction of sp³-hybridized carbons (Fsp3) is 0.350. The molecule has 0 bridgehead atoms. The number of rotatable bonds is 3. The number of aliphatic hydroxyl groups is 1. The van der Waals surface area contributed by atoms with Gasteiger partial charge in [-0.25, -0.2) is 8.97 Å². The van der Waals surface area contributed by atoms with Crippen molar-refractivity contribution < 1.29 is 35.8 Å². The van der Waals surface area contributed by atoms with Gasteiger partial charge in [0.25, 0.3) is 5.72 Å². The van der Waals surface area contributed by atoms with Gasteiger partial charge in [-0.3, -0.25) is 0 Å². The smallest absolute Gasteiger partial charge is 0.316 e. The molecular formula is C20H22BrFN2O2S. The van der Waals surface area contributed by atoms with Crippen molar-refractivity contribution in [1.29, 1.82) is 0 Å². The predicted octanol–water partition coefficient (Wildman–Crippen LogP) is 0.397. The Hall–Kier alpha value is -1.57. The van der Waals surface area contributed by atoms with Crippen molar-refractivity contribution in [3.63, 3.8) is 0 Å². The Labute approximate surface area is 173 Å². The number of nitrogens with zero attached hydrogens (tertiary/aromatic N) is 2. The van der Waals surface area contributed by atoms with Gasteiger partial charge in [0.15, 0.2) is 6.04 Å². The van der Waals surface area contributed by atoms with Gasteiger partial charge < -0.3 is 26.8 Å². The molecule has 0 saturated carbocycles. The lowest BCUT2D eigenvalue weighted by Crippen LogP contribution is -3.00. The molecule has 2 aliphatic rings. The van der Waals surface area contributed by atoms with Gasteiger partial charge in [-0.2, -0.15) is 4.90 Å². The summed E-state index contributed by atoms with van der Waals surface area (Å²) >= 11 is 1.71. The van der Waals surface area contributed by atoms with E-state index >= 15 is 0 Å². The number of halogens is 2. The van der Waals surface area contributed by atoms with Crippen molar-refractivity contribution in [3.05, 3.63) is 59.9 Å². The molecule has 0 aliphatic carbocycles. The molecule has 0 spiro atoms. The average Bonchev–Trinajstić information content (AvgIpc) is 2.90. The molecule has 27 heavy (non-hydrogen) atoms. The number of hydrogen-bond acceptors (Lipinski definition) is 4. The highest BCUT2D eigenvalue weighted by Crippen LogP contribution is 2.44. The molecule has 0 radical (unpaired) electrons. The fourth-order valence-corrected chi connectivity index (χ4v) is 5.08. The van der Waals surface area contributed by atoms with Gasteiger partial charge in [-0.1, -0.05) is 18.2 Å². The van der Waals surface area contributed by atoms with Crippen LogP contribution < -0.4 is 26.6 Å². The first-order chi connectivity index (χ1) is 12.6. The molecule has 1 N–H and O–H groups in total. The summed E-state index contributed by atoms with van der Waals surface area (Å²) in [7, 11) is 1.50. The Morgan fingerprint density at radius 2 is 2.00 bits per heavy atom. The van der Waals surface area contributed by atoms with Gasteiger partial charge in [0.05, 0.1) is 19.2 Å². The maximum absolute atomic E-state index is 15.0. The van der Waals surface area contributed by atoms with Gasteiger partial charge in [0.2, 0.25) is 0 Å². The molecule has 0 amide bonds. The first kappa shape index (κ1) is 20.2. The monoisotopic (exact) mass is 452 g/mol. The van der Waals surface area contributed by atoms with Gasteiger partial charge in [0.1, 0.15) is 17.3 Å². The quantitative estimate of drug-likeness (QED) is 0.683. The van der Waals surface area contributed by atoms with Crippen LogP contribution in [0, 0.1) is 5.82 Å². The average molecular weight is 453 g/mol. The Bertz CT molecular complexity index is 864. The molecule has 7 heteroatoms. The molecular weight excluding hydrogens is 431 g/mol. The van der Waals surface area contributed by atoms with Crippen LogP contribution in [0.1, 0.15) is 18.9 Å². The van der Waals surface area contributed by atoms with E-state index in [4.69, 9.17) is 4.74 Å². The highest BCUT2D eigenvalue weighted by atomic mass is 79.9. The molecule has 4 rings (SSSR count). The Balaban J connectivity index is 0.00000210. The second-order valence-electron chi connectivity index (χ2n) is 6.60. The van der Waals surface area contributed by atoms with Crippen molar-refractivity contribution in [1.82, 2.24) is 0 Å². The van der Waals surface area contributed by atoms with E-state index in [1.807, 2.05) is 42.2 Å². The van der Waals surface area contributed by atoms with Crippen molar-refractivity contribution >= 4 is 22.6 Å². The van der Waals surface area contributed by atoms with E-state index in [1.54, 1.807) is 23.9 Å². The van der Waals surface area contributed by atoms with Crippen molar-refractivity contribution in [3.8, 4) is 5.75 Å². The molecule has 2 heterocycles. The van der Waals surface area contributed by atoms with Crippen LogP contribution in [0.4, 0.5) is 10.1 Å². The third-order valence-electron chi connectivity index (χ3n) is 5.19. The lowest BCUT2D eigenvalue weighted by atomic mass is 9.93. The number of amidine groups is 1. The first-order valence-corrected chi connectivity index (χ1v) is 9.74. The van der Waals surface area contributed by atoms with Crippen LogP contribution in [-0.2, 0) is 5.72 Å². The highest BCUT2D eigenvalue weighted by molar-refractivity contribution is 8.14. The molecule has 0 aromatic heterocycles. The van der Waals surface area contributed by atoms with E-state index < -0.39 is 11.5 Å². The molecule has 2 aromatic carbocycles. The van der Waals surface area contributed by atoms with Crippen LogP contribution in [0.5, 0.6) is 5.75 Å². The number of para-hydroxylation sites is 1. The molecule has 4 nitrogen and oxygen atoms in total. The largest absolute Gasteiger partial charge is 1.00 e. The summed E-state index contributed by atoms with van der Waals surface area (Å²) in [5, 5.41) is 12.9. The van der Waals surface area contributed by atoms with Crippen LogP contribution in [0.3, 0.4) is 0 Å². The molecule has 2 atom stereocenters. The summed E-state index contributed by atoms with van der Waals surface area (Å²) in [5.41, 5.74) is -0.384. The molecule has 0 fully saturated rings. The Morgan fingerprint density at radius 1 is 1.26 bits per heavy atom. The van der Waals surface area contributed by atoms with Gasteiger partial charge in [0, 0.05) is 11.8 Å². The third-order valence-corrected chi connectivity index (χ3v) is 6.36. The van der Waals surface area contributed by atoms with Crippen LogP contribution in [0.25, 0.3) is 0 Å².